The Morgan fingerprint density at radius 2 is 2.04 bits per heavy atom. The summed E-state index contributed by atoms with van der Waals surface area (Å²) < 4.78 is 31.7. The lowest BCUT2D eigenvalue weighted by molar-refractivity contribution is 0.101. The number of nitrogens with zero attached hydrogens (tertiary/aromatic N) is 1. The van der Waals surface area contributed by atoms with Gasteiger partial charge >= 0.3 is 0 Å². The SMILES string of the molecule is CCCS(=O)(=O)Nc1cccc(NC(=O)c2cc(C3CC3)on2)c1C. The second kappa shape index (κ2) is 6.87. The maximum Gasteiger partial charge on any atom is 0.277 e. The average Bonchev–Trinajstić information content (AvgIpc) is 3.28. The van der Waals surface area contributed by atoms with E-state index >= 15 is 0 Å². The smallest absolute Gasteiger partial charge is 0.277 e. The van der Waals surface area contributed by atoms with Gasteiger partial charge in [0.05, 0.1) is 11.4 Å². The normalized spacial score (nSPS) is 14.3. The predicted molar refractivity (Wildman–Crippen MR) is 95.3 cm³/mol. The minimum atomic E-state index is -3.39. The Kier molecular flexibility index (Phi) is 4.80. The third-order valence-electron chi connectivity index (χ3n) is 4.06. The fourth-order valence-corrected chi connectivity index (χ4v) is 3.71. The number of anilines is 2. The topological polar surface area (TPSA) is 101 Å². The Labute approximate surface area is 146 Å². The molecule has 0 bridgehead atoms. The van der Waals surface area contributed by atoms with Crippen molar-refractivity contribution in [1.82, 2.24) is 5.16 Å². The van der Waals surface area contributed by atoms with E-state index in [4.69, 9.17) is 4.52 Å². The lowest BCUT2D eigenvalue weighted by Crippen LogP contribution is -2.18. The minimum Gasteiger partial charge on any atom is -0.360 e. The highest BCUT2D eigenvalue weighted by atomic mass is 32.2. The second-order valence-corrected chi connectivity index (χ2v) is 8.08. The highest BCUT2D eigenvalue weighted by Crippen LogP contribution is 2.40. The van der Waals surface area contributed by atoms with E-state index in [1.165, 1.54) is 0 Å². The van der Waals surface area contributed by atoms with Crippen LogP contribution in [-0.2, 0) is 10.0 Å². The van der Waals surface area contributed by atoms with E-state index in [-0.39, 0.29) is 17.4 Å². The number of amides is 1. The van der Waals surface area contributed by atoms with E-state index < -0.39 is 10.0 Å². The van der Waals surface area contributed by atoms with Gasteiger partial charge in [0.1, 0.15) is 5.76 Å². The summed E-state index contributed by atoms with van der Waals surface area (Å²) in [5.41, 5.74) is 1.84. The molecule has 1 amide bonds. The number of sulfonamides is 1. The van der Waals surface area contributed by atoms with E-state index in [2.05, 4.69) is 15.2 Å². The first kappa shape index (κ1) is 17.5. The molecular formula is C17H21N3O4S. The summed E-state index contributed by atoms with van der Waals surface area (Å²) in [7, 11) is -3.39. The molecule has 0 saturated heterocycles. The molecule has 134 valence electrons. The molecule has 1 aromatic heterocycles. The van der Waals surface area contributed by atoms with Gasteiger partial charge in [-0.2, -0.15) is 0 Å². The fraction of sp³-hybridized carbons (Fsp3) is 0.412. The van der Waals surface area contributed by atoms with E-state index in [1.807, 2.05) is 0 Å². The quantitative estimate of drug-likeness (QED) is 0.786. The van der Waals surface area contributed by atoms with Gasteiger partial charge in [0.2, 0.25) is 10.0 Å². The van der Waals surface area contributed by atoms with Gasteiger partial charge < -0.3 is 9.84 Å². The molecule has 2 aromatic rings. The molecule has 1 saturated carbocycles. The molecule has 1 heterocycles. The summed E-state index contributed by atoms with van der Waals surface area (Å²) in [4.78, 5) is 12.3. The Balaban J connectivity index is 1.75. The highest BCUT2D eigenvalue weighted by molar-refractivity contribution is 7.92. The molecular weight excluding hydrogens is 342 g/mol. The van der Waals surface area contributed by atoms with Crippen LogP contribution in [0.4, 0.5) is 11.4 Å². The van der Waals surface area contributed by atoms with Crippen LogP contribution < -0.4 is 10.0 Å². The monoisotopic (exact) mass is 363 g/mol. The van der Waals surface area contributed by atoms with Crippen LogP contribution in [0.5, 0.6) is 0 Å². The van der Waals surface area contributed by atoms with Crippen molar-refractivity contribution in [2.24, 2.45) is 0 Å². The number of carbonyl (C=O) groups is 1. The number of benzene rings is 1. The molecule has 1 aliphatic rings. The third-order valence-corrected chi connectivity index (χ3v) is 5.54. The molecule has 0 radical (unpaired) electrons. The minimum absolute atomic E-state index is 0.0475. The largest absolute Gasteiger partial charge is 0.360 e. The van der Waals surface area contributed by atoms with E-state index in [1.54, 1.807) is 38.1 Å². The van der Waals surface area contributed by atoms with Crippen molar-refractivity contribution in [3.05, 3.63) is 41.3 Å². The maximum absolute atomic E-state index is 12.3. The Hall–Kier alpha value is -2.35. The van der Waals surface area contributed by atoms with Crippen LogP contribution >= 0.6 is 0 Å². The van der Waals surface area contributed by atoms with Crippen LogP contribution in [0, 0.1) is 6.92 Å². The van der Waals surface area contributed by atoms with Gasteiger partial charge in [-0.15, -0.1) is 0 Å². The lowest BCUT2D eigenvalue weighted by atomic mass is 10.1. The fourth-order valence-electron chi connectivity index (χ4n) is 2.51. The molecule has 0 aliphatic heterocycles. The number of hydrogen-bond acceptors (Lipinski definition) is 5. The van der Waals surface area contributed by atoms with Crippen LogP contribution in [0.25, 0.3) is 0 Å². The number of rotatable bonds is 7. The van der Waals surface area contributed by atoms with Crippen molar-refractivity contribution in [2.75, 3.05) is 15.8 Å². The Morgan fingerprint density at radius 1 is 1.32 bits per heavy atom. The lowest BCUT2D eigenvalue weighted by Gasteiger charge is -2.13. The van der Waals surface area contributed by atoms with Crippen LogP contribution in [0.1, 0.15) is 53.9 Å². The average molecular weight is 363 g/mol. The third kappa shape index (κ3) is 4.19. The molecule has 7 nitrogen and oxygen atoms in total. The zero-order chi connectivity index (χ0) is 18.0. The van der Waals surface area contributed by atoms with Gasteiger partial charge in [0.25, 0.3) is 5.91 Å². The Bertz CT molecular complexity index is 885. The number of hydrogen-bond donors (Lipinski definition) is 2. The molecule has 0 spiro atoms. The predicted octanol–water partition coefficient (Wildman–Crippen LogP) is 3.26. The van der Waals surface area contributed by atoms with Gasteiger partial charge in [-0.1, -0.05) is 18.1 Å². The van der Waals surface area contributed by atoms with Crippen LogP contribution in [-0.4, -0.2) is 25.2 Å². The summed E-state index contributed by atoms with van der Waals surface area (Å²) in [6.07, 6.45) is 2.66. The highest BCUT2D eigenvalue weighted by Gasteiger charge is 2.29. The molecule has 8 heteroatoms. The van der Waals surface area contributed by atoms with Crippen molar-refractivity contribution in [1.29, 1.82) is 0 Å². The zero-order valence-electron chi connectivity index (χ0n) is 14.2. The molecule has 1 aliphatic carbocycles. The molecule has 0 atom stereocenters. The molecule has 3 rings (SSSR count). The van der Waals surface area contributed by atoms with Gasteiger partial charge in [-0.25, -0.2) is 8.42 Å². The van der Waals surface area contributed by atoms with Gasteiger partial charge in [-0.05, 0) is 43.9 Å². The van der Waals surface area contributed by atoms with Gasteiger partial charge in [-0.3, -0.25) is 9.52 Å². The van der Waals surface area contributed by atoms with Crippen LogP contribution in [0.15, 0.2) is 28.8 Å². The summed E-state index contributed by atoms with van der Waals surface area (Å²) in [5.74, 6) is 0.786. The number of carbonyl (C=O) groups excluding carboxylic acids is 1. The number of nitrogens with one attached hydrogen (secondary N) is 2. The van der Waals surface area contributed by atoms with Crippen molar-refractivity contribution in [3.63, 3.8) is 0 Å². The van der Waals surface area contributed by atoms with Gasteiger partial charge in [0, 0.05) is 17.7 Å². The second-order valence-electron chi connectivity index (χ2n) is 6.24. The van der Waals surface area contributed by atoms with Crippen molar-refractivity contribution in [2.45, 2.75) is 39.0 Å². The molecule has 1 aromatic carbocycles. The van der Waals surface area contributed by atoms with Gasteiger partial charge in [0.15, 0.2) is 5.69 Å². The Morgan fingerprint density at radius 3 is 2.72 bits per heavy atom. The molecule has 0 unspecified atom stereocenters. The van der Waals surface area contributed by atoms with E-state index in [0.717, 1.165) is 18.6 Å². The molecule has 2 N–H and O–H groups in total. The van der Waals surface area contributed by atoms with Crippen molar-refractivity contribution in [3.8, 4) is 0 Å². The van der Waals surface area contributed by atoms with Crippen LogP contribution in [0.2, 0.25) is 0 Å². The first-order chi connectivity index (χ1) is 11.9. The first-order valence-electron chi connectivity index (χ1n) is 8.27. The maximum atomic E-state index is 12.3. The molecule has 25 heavy (non-hydrogen) atoms. The summed E-state index contributed by atoms with van der Waals surface area (Å²) in [6.45, 7) is 3.55. The number of aromatic nitrogens is 1. The van der Waals surface area contributed by atoms with Crippen molar-refractivity contribution < 1.29 is 17.7 Å². The van der Waals surface area contributed by atoms with Crippen LogP contribution in [0.3, 0.4) is 0 Å². The van der Waals surface area contributed by atoms with E-state index in [0.29, 0.717) is 29.3 Å². The summed E-state index contributed by atoms with van der Waals surface area (Å²) >= 11 is 0. The van der Waals surface area contributed by atoms with Crippen molar-refractivity contribution >= 4 is 27.3 Å². The van der Waals surface area contributed by atoms with E-state index in [9.17, 15) is 13.2 Å². The standard InChI is InChI=1S/C17H21N3O4S/c1-3-9-25(22,23)20-14-6-4-5-13(11(14)2)18-17(21)15-10-16(24-19-15)12-7-8-12/h4-6,10,12,20H,3,7-9H2,1-2H3,(H,18,21). The summed E-state index contributed by atoms with van der Waals surface area (Å²) in [5, 5.41) is 6.57. The first-order valence-corrected chi connectivity index (χ1v) is 9.93. The zero-order valence-corrected chi connectivity index (χ0v) is 15.0. The molecule has 1 fully saturated rings. The summed E-state index contributed by atoms with van der Waals surface area (Å²) in [6, 6.07) is 6.73.